The van der Waals surface area contributed by atoms with Gasteiger partial charge in [0.15, 0.2) is 18.0 Å². The molecule has 2 aromatic rings. The maximum absolute atomic E-state index is 14.3. The van der Waals surface area contributed by atoms with Gasteiger partial charge in [0, 0.05) is 6.08 Å². The molecule has 3 heterocycles. The number of hydrogen-bond donors (Lipinski definition) is 8. The highest BCUT2D eigenvalue weighted by Crippen LogP contribution is 2.36. The Hall–Kier alpha value is -5.23. The summed E-state index contributed by atoms with van der Waals surface area (Å²) in [6.45, 7) is 1.31. The number of rotatable bonds is 12. The topological polar surface area (TPSA) is 321 Å². The number of ether oxygens (including phenoxy) is 8. The SMILES string of the molecule is CC(C)CC1(C(=O)OCc2ccc(O[C@@H]3O[C@H](CO)[C@@H](O)[C@H](O)[C@H]3O)cc2)CC(=O)OC(C(=O)O)CC(=O)OCC2OC(O1)C(OC(=O)/C=C/c1ccc(O)cc1)C(O)C2O. The molecule has 2 bridgehead atoms. The van der Waals surface area contributed by atoms with E-state index in [9.17, 15) is 64.8 Å². The van der Waals surface area contributed by atoms with Crippen molar-refractivity contribution >= 4 is 35.9 Å². The van der Waals surface area contributed by atoms with E-state index in [1.54, 1.807) is 13.8 Å². The van der Waals surface area contributed by atoms with Crippen molar-refractivity contribution in [2.24, 2.45) is 5.92 Å². The number of aliphatic hydroxyl groups excluding tert-OH is 6. The average molecular weight is 865 g/mol. The van der Waals surface area contributed by atoms with Crippen LogP contribution in [-0.4, -0.2) is 157 Å². The first-order valence-corrected chi connectivity index (χ1v) is 19.1. The molecular formula is C40H48O21. The number of phenolic OH excluding ortho intramolecular Hbond substituents is 1. The third-order valence-corrected chi connectivity index (χ3v) is 9.79. The molecule has 0 aliphatic carbocycles. The van der Waals surface area contributed by atoms with Crippen molar-refractivity contribution in [3.05, 3.63) is 65.7 Å². The van der Waals surface area contributed by atoms with Crippen LogP contribution < -0.4 is 4.74 Å². The van der Waals surface area contributed by atoms with E-state index in [-0.39, 0.29) is 17.9 Å². The normalized spacial score (nSPS) is 32.4. The van der Waals surface area contributed by atoms with Gasteiger partial charge in [0.2, 0.25) is 12.4 Å². The van der Waals surface area contributed by atoms with Crippen LogP contribution in [0.3, 0.4) is 0 Å². The number of benzene rings is 2. The summed E-state index contributed by atoms with van der Waals surface area (Å²) in [4.78, 5) is 65.6. The maximum Gasteiger partial charge on any atom is 0.345 e. The highest BCUT2D eigenvalue weighted by Gasteiger charge is 2.54. The van der Waals surface area contributed by atoms with Crippen molar-refractivity contribution in [1.29, 1.82) is 0 Å². The number of carboxylic acids is 1. The maximum atomic E-state index is 14.3. The molecule has 0 amide bonds. The molecule has 3 fully saturated rings. The lowest BCUT2D eigenvalue weighted by atomic mass is 9.88. The smallest absolute Gasteiger partial charge is 0.345 e. The second-order valence-corrected chi connectivity index (χ2v) is 15.0. The number of carbonyl (C=O) groups is 5. The molecule has 3 aliphatic heterocycles. The van der Waals surface area contributed by atoms with Crippen LogP contribution in [0.2, 0.25) is 0 Å². The molecule has 3 aliphatic rings. The molecule has 21 heteroatoms. The molecule has 8 N–H and O–H groups in total. The number of phenols is 1. The molecule has 61 heavy (non-hydrogen) atoms. The van der Waals surface area contributed by atoms with Gasteiger partial charge in [-0.05, 0) is 53.8 Å². The van der Waals surface area contributed by atoms with Crippen molar-refractivity contribution in [3.63, 3.8) is 0 Å². The highest BCUT2D eigenvalue weighted by atomic mass is 16.7. The Morgan fingerprint density at radius 1 is 0.885 bits per heavy atom. The van der Waals surface area contributed by atoms with Gasteiger partial charge in [-0.25, -0.2) is 14.4 Å². The fourth-order valence-electron chi connectivity index (χ4n) is 6.68. The molecule has 21 nitrogen and oxygen atoms in total. The van der Waals surface area contributed by atoms with Crippen LogP contribution in [-0.2, 0) is 63.7 Å². The number of esters is 4. The van der Waals surface area contributed by atoms with Crippen molar-refractivity contribution in [3.8, 4) is 11.5 Å². The summed E-state index contributed by atoms with van der Waals surface area (Å²) in [5, 5.41) is 81.6. The molecule has 0 saturated carbocycles. The van der Waals surface area contributed by atoms with Crippen molar-refractivity contribution < 1.29 is 103 Å². The Bertz CT molecular complexity index is 1860. The fourth-order valence-corrected chi connectivity index (χ4v) is 6.68. The molecule has 7 unspecified atom stereocenters. The van der Waals surface area contributed by atoms with Crippen LogP contribution >= 0.6 is 0 Å². The van der Waals surface area contributed by atoms with Crippen LogP contribution in [0.4, 0.5) is 0 Å². The molecule has 12 atom stereocenters. The van der Waals surface area contributed by atoms with E-state index in [4.69, 9.17) is 37.9 Å². The Balaban J connectivity index is 1.43. The van der Waals surface area contributed by atoms with Crippen LogP contribution in [0.15, 0.2) is 54.6 Å². The Labute approximate surface area is 347 Å². The Morgan fingerprint density at radius 3 is 2.21 bits per heavy atom. The van der Waals surface area contributed by atoms with E-state index in [1.165, 1.54) is 54.6 Å². The summed E-state index contributed by atoms with van der Waals surface area (Å²) in [6, 6.07) is 11.3. The van der Waals surface area contributed by atoms with Crippen LogP contribution in [0, 0.1) is 5.92 Å². The summed E-state index contributed by atoms with van der Waals surface area (Å²) in [5.74, 6) is -7.02. The lowest BCUT2D eigenvalue weighted by Crippen LogP contribution is -2.63. The number of fused-ring (bicyclic) bond motifs is 2. The van der Waals surface area contributed by atoms with E-state index < -0.39 is 142 Å². The molecular weight excluding hydrogens is 816 g/mol. The van der Waals surface area contributed by atoms with Crippen molar-refractivity contribution in [1.82, 2.24) is 0 Å². The van der Waals surface area contributed by atoms with Crippen LogP contribution in [0.1, 0.15) is 44.2 Å². The van der Waals surface area contributed by atoms with E-state index in [0.29, 0.717) is 11.1 Å². The number of carbonyl (C=O) groups excluding carboxylic acids is 4. The molecule has 2 aromatic carbocycles. The first-order chi connectivity index (χ1) is 28.9. The summed E-state index contributed by atoms with van der Waals surface area (Å²) >= 11 is 0. The van der Waals surface area contributed by atoms with E-state index >= 15 is 0 Å². The zero-order valence-corrected chi connectivity index (χ0v) is 32.8. The van der Waals surface area contributed by atoms with Gasteiger partial charge < -0.3 is 78.7 Å². The fraction of sp³-hybridized carbons (Fsp3) is 0.525. The van der Waals surface area contributed by atoms with E-state index in [1.807, 2.05) is 0 Å². The molecule has 0 spiro atoms. The van der Waals surface area contributed by atoms with E-state index in [2.05, 4.69) is 0 Å². The van der Waals surface area contributed by atoms with Gasteiger partial charge in [-0.3, -0.25) is 9.59 Å². The minimum absolute atomic E-state index is 0.0322. The first kappa shape index (κ1) is 46.8. The minimum Gasteiger partial charge on any atom is -0.508 e. The summed E-state index contributed by atoms with van der Waals surface area (Å²) in [7, 11) is 0. The Kier molecular flexibility index (Phi) is 15.8. The largest absolute Gasteiger partial charge is 0.508 e. The molecule has 334 valence electrons. The second-order valence-electron chi connectivity index (χ2n) is 15.0. The van der Waals surface area contributed by atoms with Gasteiger partial charge in [0.1, 0.15) is 67.4 Å². The third kappa shape index (κ3) is 12.0. The molecule has 0 aromatic heterocycles. The van der Waals surface area contributed by atoms with Crippen LogP contribution in [0.5, 0.6) is 11.5 Å². The van der Waals surface area contributed by atoms with Gasteiger partial charge in [-0.2, -0.15) is 0 Å². The standard InChI is InChI=1S/C40H48O21/c1-19(2)14-40(39(53)55-17-21-5-10-23(11-6-21)56-37-34(50)32(48)30(46)25(16-41)58-37)15-29(45)57-24(36(51)52)13-28(44)54-18-26-31(47)33(49)35(38(59-26)61-40)60-27(43)12-7-20-3-8-22(42)9-4-20/h3-12,19,24-26,30-35,37-38,41-42,46-50H,13-18H2,1-2H3,(H,51,52)/b12-7+/t24?,25-,26?,30-,31?,32+,33?,34-,35?,37-,38?,40?/m1/s1. The summed E-state index contributed by atoms with van der Waals surface area (Å²) in [5.41, 5.74) is -1.66. The summed E-state index contributed by atoms with van der Waals surface area (Å²) in [6.07, 6.45) is -19.3. The number of aromatic hydroxyl groups is 1. The van der Waals surface area contributed by atoms with Crippen molar-refractivity contribution in [2.75, 3.05) is 13.2 Å². The van der Waals surface area contributed by atoms with Gasteiger partial charge in [0.05, 0.1) is 19.4 Å². The highest BCUT2D eigenvalue weighted by molar-refractivity contribution is 5.89. The zero-order chi connectivity index (χ0) is 44.6. The lowest BCUT2D eigenvalue weighted by molar-refractivity contribution is -0.328. The third-order valence-electron chi connectivity index (χ3n) is 9.79. The van der Waals surface area contributed by atoms with E-state index in [0.717, 1.165) is 6.08 Å². The molecule has 0 radical (unpaired) electrons. The summed E-state index contributed by atoms with van der Waals surface area (Å²) < 4.78 is 44.4. The number of aliphatic carboxylic acids is 1. The van der Waals surface area contributed by atoms with Crippen molar-refractivity contribution in [2.45, 2.75) is 113 Å². The molecule has 5 rings (SSSR count). The predicted octanol–water partition coefficient (Wildman–Crippen LogP) is -1.18. The van der Waals surface area contributed by atoms with Gasteiger partial charge >= 0.3 is 29.8 Å². The monoisotopic (exact) mass is 864 g/mol. The number of cyclic esters (lactones) is 2. The van der Waals surface area contributed by atoms with Gasteiger partial charge in [0.25, 0.3) is 0 Å². The lowest BCUT2D eigenvalue weighted by Gasteiger charge is -2.44. The first-order valence-electron chi connectivity index (χ1n) is 19.1. The predicted molar refractivity (Wildman–Crippen MR) is 199 cm³/mol. The van der Waals surface area contributed by atoms with Crippen LogP contribution in [0.25, 0.3) is 6.08 Å². The quantitative estimate of drug-likeness (QED) is 0.0707. The van der Waals surface area contributed by atoms with Gasteiger partial charge in [-0.15, -0.1) is 0 Å². The van der Waals surface area contributed by atoms with Gasteiger partial charge in [-0.1, -0.05) is 38.1 Å². The Morgan fingerprint density at radius 2 is 1.57 bits per heavy atom. The molecule has 3 saturated heterocycles. The number of hydrogen-bond acceptors (Lipinski definition) is 20. The number of aliphatic hydroxyl groups is 6. The average Bonchev–Trinajstić information content (AvgIpc) is 3.22. The minimum atomic E-state index is -2.44. The number of carboxylic acid groups (broad SMARTS) is 1. The second kappa shape index (κ2) is 20.6. The zero-order valence-electron chi connectivity index (χ0n) is 32.8.